The van der Waals surface area contributed by atoms with E-state index in [1.54, 1.807) is 48.4 Å². The van der Waals surface area contributed by atoms with E-state index in [0.717, 1.165) is 24.0 Å². The van der Waals surface area contributed by atoms with E-state index in [4.69, 9.17) is 4.74 Å². The molecule has 1 heterocycles. The van der Waals surface area contributed by atoms with Crippen LogP contribution in [-0.2, 0) is 43.7 Å². The molecule has 10 heteroatoms. The molecule has 8 nitrogen and oxygen atoms in total. The van der Waals surface area contributed by atoms with Gasteiger partial charge >= 0.3 is 0 Å². The molecule has 1 atom stereocenters. The van der Waals surface area contributed by atoms with Gasteiger partial charge in [-0.15, -0.1) is 0 Å². The number of hydrogen-bond acceptors (Lipinski definition) is 5. The third-order valence-electron chi connectivity index (χ3n) is 7.62. The van der Waals surface area contributed by atoms with Gasteiger partial charge in [0.15, 0.2) is 0 Å². The number of carbonyl (C=O) groups is 2. The first-order valence-electron chi connectivity index (χ1n) is 14.7. The van der Waals surface area contributed by atoms with Gasteiger partial charge in [-0.05, 0) is 66.6 Å². The molecule has 43 heavy (non-hydrogen) atoms. The minimum absolute atomic E-state index is 0.113. The molecule has 0 aromatic heterocycles. The number of amides is 2. The van der Waals surface area contributed by atoms with Crippen molar-refractivity contribution in [2.45, 2.75) is 56.0 Å². The SMILES string of the molecule is COCCCNC(=O)C(Cc1ccccc1)N(Cc1ccc(F)cc1)C(=O)CCc1ccc(S(=O)(=O)N2CCCC2)cc1. The molecule has 3 aromatic rings. The first-order valence-corrected chi connectivity index (χ1v) is 16.2. The molecule has 230 valence electrons. The van der Waals surface area contributed by atoms with Crippen LogP contribution in [0.5, 0.6) is 0 Å². The summed E-state index contributed by atoms with van der Waals surface area (Å²) in [5.74, 6) is -0.883. The highest BCUT2D eigenvalue weighted by Gasteiger charge is 2.30. The van der Waals surface area contributed by atoms with Crippen molar-refractivity contribution >= 4 is 21.8 Å². The number of nitrogens with zero attached hydrogens (tertiary/aromatic N) is 2. The van der Waals surface area contributed by atoms with Crippen molar-refractivity contribution in [1.29, 1.82) is 0 Å². The zero-order valence-electron chi connectivity index (χ0n) is 24.6. The number of halogens is 1. The molecule has 1 fully saturated rings. The number of hydrogen-bond donors (Lipinski definition) is 1. The van der Waals surface area contributed by atoms with Crippen molar-refractivity contribution in [3.63, 3.8) is 0 Å². The number of aryl methyl sites for hydroxylation is 1. The first-order chi connectivity index (χ1) is 20.8. The van der Waals surface area contributed by atoms with E-state index in [1.807, 2.05) is 30.3 Å². The summed E-state index contributed by atoms with van der Waals surface area (Å²) in [5, 5.41) is 2.95. The second-order valence-electron chi connectivity index (χ2n) is 10.7. The smallest absolute Gasteiger partial charge is 0.243 e. The van der Waals surface area contributed by atoms with Gasteiger partial charge < -0.3 is 15.0 Å². The molecule has 3 aromatic carbocycles. The summed E-state index contributed by atoms with van der Waals surface area (Å²) in [5.41, 5.74) is 2.43. The quantitative estimate of drug-likeness (QED) is 0.259. The molecular weight excluding hydrogens is 569 g/mol. The topological polar surface area (TPSA) is 96.0 Å². The Bertz CT molecular complexity index is 1430. The summed E-state index contributed by atoms with van der Waals surface area (Å²) in [6, 6.07) is 21.3. The minimum Gasteiger partial charge on any atom is -0.385 e. The molecule has 4 rings (SSSR count). The van der Waals surface area contributed by atoms with Crippen LogP contribution < -0.4 is 5.32 Å². The van der Waals surface area contributed by atoms with Crippen molar-refractivity contribution in [3.8, 4) is 0 Å². The van der Waals surface area contributed by atoms with E-state index < -0.39 is 16.1 Å². The monoisotopic (exact) mass is 609 g/mol. The van der Waals surface area contributed by atoms with Crippen LogP contribution in [0.3, 0.4) is 0 Å². The fourth-order valence-electron chi connectivity index (χ4n) is 5.19. The van der Waals surface area contributed by atoms with Crippen LogP contribution in [0, 0.1) is 5.82 Å². The van der Waals surface area contributed by atoms with Gasteiger partial charge in [0, 0.05) is 52.7 Å². The lowest BCUT2D eigenvalue weighted by atomic mass is 10.0. The molecule has 0 saturated carbocycles. The Hall–Kier alpha value is -3.60. The van der Waals surface area contributed by atoms with Crippen LogP contribution >= 0.6 is 0 Å². The van der Waals surface area contributed by atoms with Crippen LogP contribution in [0.2, 0.25) is 0 Å². The lowest BCUT2D eigenvalue weighted by Gasteiger charge is -2.31. The highest BCUT2D eigenvalue weighted by Crippen LogP contribution is 2.22. The Labute approximate surface area is 253 Å². The van der Waals surface area contributed by atoms with Gasteiger partial charge in [0.2, 0.25) is 21.8 Å². The summed E-state index contributed by atoms with van der Waals surface area (Å²) in [7, 11) is -1.92. The zero-order chi connectivity index (χ0) is 30.7. The van der Waals surface area contributed by atoms with Gasteiger partial charge in [0.05, 0.1) is 4.90 Å². The highest BCUT2D eigenvalue weighted by molar-refractivity contribution is 7.89. The van der Waals surface area contributed by atoms with E-state index in [9.17, 15) is 22.4 Å². The Morgan fingerprint density at radius 1 is 0.930 bits per heavy atom. The maximum atomic E-state index is 13.8. The first kappa shape index (κ1) is 32.3. The summed E-state index contributed by atoms with van der Waals surface area (Å²) in [4.78, 5) is 29.2. The molecule has 2 amide bonds. The molecule has 0 bridgehead atoms. The molecule has 0 radical (unpaired) electrons. The second kappa shape index (κ2) is 15.7. The lowest BCUT2D eigenvalue weighted by molar-refractivity contribution is -0.141. The van der Waals surface area contributed by atoms with Gasteiger partial charge in [-0.25, -0.2) is 12.8 Å². The van der Waals surface area contributed by atoms with Crippen LogP contribution in [0.15, 0.2) is 83.8 Å². The van der Waals surface area contributed by atoms with E-state index in [-0.39, 0.29) is 35.5 Å². The summed E-state index contributed by atoms with van der Waals surface area (Å²) < 4.78 is 46.1. The van der Waals surface area contributed by atoms with Gasteiger partial charge in [-0.3, -0.25) is 9.59 Å². The van der Waals surface area contributed by atoms with E-state index >= 15 is 0 Å². The number of carbonyl (C=O) groups excluding carboxylic acids is 2. The number of benzene rings is 3. The number of nitrogens with one attached hydrogen (secondary N) is 1. The average molecular weight is 610 g/mol. The average Bonchev–Trinajstić information content (AvgIpc) is 3.58. The number of sulfonamides is 1. The van der Waals surface area contributed by atoms with Gasteiger partial charge in [-0.1, -0.05) is 54.6 Å². The second-order valence-corrected chi connectivity index (χ2v) is 12.7. The van der Waals surface area contributed by atoms with Crippen LogP contribution in [0.4, 0.5) is 4.39 Å². The van der Waals surface area contributed by atoms with E-state index in [0.29, 0.717) is 51.1 Å². The van der Waals surface area contributed by atoms with Crippen molar-refractivity contribution in [1.82, 2.24) is 14.5 Å². The summed E-state index contributed by atoms with van der Waals surface area (Å²) >= 11 is 0. The highest BCUT2D eigenvalue weighted by atomic mass is 32.2. The van der Waals surface area contributed by atoms with Gasteiger partial charge in [0.25, 0.3) is 0 Å². The molecule has 1 unspecified atom stereocenters. The third kappa shape index (κ3) is 9.19. The molecule has 1 N–H and O–H groups in total. The third-order valence-corrected chi connectivity index (χ3v) is 9.53. The fourth-order valence-corrected chi connectivity index (χ4v) is 6.70. The number of ether oxygens (including phenoxy) is 1. The van der Waals surface area contributed by atoms with Crippen molar-refractivity contribution in [3.05, 3.63) is 101 Å². The summed E-state index contributed by atoms with van der Waals surface area (Å²) in [6.07, 6.45) is 3.16. The molecule has 1 saturated heterocycles. The molecule has 1 aliphatic heterocycles. The lowest BCUT2D eigenvalue weighted by Crippen LogP contribution is -2.50. The summed E-state index contributed by atoms with van der Waals surface area (Å²) in [6.45, 7) is 2.11. The van der Waals surface area contributed by atoms with Crippen molar-refractivity contribution < 1.29 is 27.1 Å². The molecular formula is C33H40FN3O5S. The Balaban J connectivity index is 1.53. The Morgan fingerprint density at radius 3 is 2.23 bits per heavy atom. The maximum absolute atomic E-state index is 13.8. The predicted molar refractivity (Wildman–Crippen MR) is 163 cm³/mol. The zero-order valence-corrected chi connectivity index (χ0v) is 25.4. The van der Waals surface area contributed by atoms with Crippen molar-refractivity contribution in [2.24, 2.45) is 0 Å². The molecule has 1 aliphatic rings. The normalized spacial score (nSPS) is 14.4. The molecule has 0 aliphatic carbocycles. The standard InChI is InChI=1S/C33H40FN3O5S/c1-42-23-7-20-35-33(39)31(24-27-8-3-2-4-9-27)37(25-28-10-15-29(34)16-11-28)32(38)19-14-26-12-17-30(18-13-26)43(40,41)36-21-5-6-22-36/h2-4,8-13,15-18,31H,5-7,14,19-25H2,1H3,(H,35,39). The van der Waals surface area contributed by atoms with Crippen molar-refractivity contribution in [2.75, 3.05) is 33.4 Å². The number of rotatable bonds is 15. The number of methoxy groups -OCH3 is 1. The van der Waals surface area contributed by atoms with Crippen LogP contribution in [0.1, 0.15) is 42.4 Å². The maximum Gasteiger partial charge on any atom is 0.243 e. The van der Waals surface area contributed by atoms with Crippen LogP contribution in [-0.4, -0.2) is 68.8 Å². The Kier molecular flexibility index (Phi) is 11.8. The van der Waals surface area contributed by atoms with Crippen LogP contribution in [0.25, 0.3) is 0 Å². The van der Waals surface area contributed by atoms with Gasteiger partial charge in [-0.2, -0.15) is 4.31 Å². The van der Waals surface area contributed by atoms with E-state index in [2.05, 4.69) is 5.32 Å². The predicted octanol–water partition coefficient (Wildman–Crippen LogP) is 4.34. The largest absolute Gasteiger partial charge is 0.385 e. The van der Waals surface area contributed by atoms with E-state index in [1.165, 1.54) is 16.4 Å². The fraction of sp³-hybridized carbons (Fsp3) is 0.394. The minimum atomic E-state index is -3.52. The Morgan fingerprint density at radius 2 is 1.58 bits per heavy atom. The molecule has 0 spiro atoms. The van der Waals surface area contributed by atoms with Gasteiger partial charge in [0.1, 0.15) is 11.9 Å².